The van der Waals surface area contributed by atoms with Crippen LogP contribution in [0.3, 0.4) is 0 Å². The second-order valence-corrected chi connectivity index (χ2v) is 4.19. The van der Waals surface area contributed by atoms with Gasteiger partial charge in [0.15, 0.2) is 5.82 Å². The van der Waals surface area contributed by atoms with Gasteiger partial charge in [0.25, 0.3) is 0 Å². The fraction of sp³-hybridized carbons (Fsp3) is 0.167. The van der Waals surface area contributed by atoms with E-state index in [0.717, 1.165) is 0 Å². The van der Waals surface area contributed by atoms with E-state index in [1.807, 2.05) is 0 Å². The van der Waals surface area contributed by atoms with E-state index in [9.17, 15) is 21.6 Å². The van der Waals surface area contributed by atoms with Crippen molar-refractivity contribution in [3.8, 4) is 0 Å². The molecule has 10 heteroatoms. The molecule has 0 spiro atoms. The van der Waals surface area contributed by atoms with E-state index in [2.05, 4.69) is 4.98 Å². The molecule has 0 saturated heterocycles. The molecule has 1 heterocycles. The van der Waals surface area contributed by atoms with Gasteiger partial charge in [0.05, 0.1) is 10.6 Å². The number of aromatic nitrogens is 1. The second kappa shape index (κ2) is 4.07. The minimum absolute atomic E-state index is 0.388. The molecule has 0 saturated carbocycles. The quantitative estimate of drug-likeness (QED) is 0.810. The molecule has 2 N–H and O–H groups in total. The Hall–Kier alpha value is -1.06. The Kier molecular flexibility index (Phi) is 3.31. The molecule has 1 aromatic rings. The first-order valence-electron chi connectivity index (χ1n) is 3.57. The molecule has 0 aliphatic carbocycles. The first kappa shape index (κ1) is 13.0. The molecular weight excluding hydrogens is 273 g/mol. The number of alkyl halides is 3. The van der Waals surface area contributed by atoms with Crippen molar-refractivity contribution in [1.29, 1.82) is 0 Å². The van der Waals surface area contributed by atoms with Gasteiger partial charge in [-0.25, -0.2) is 9.71 Å². The highest BCUT2D eigenvalue weighted by Gasteiger charge is 2.31. The SMILES string of the molecule is O=S(=O)(O)Nc1ncc(C(F)(F)F)cc1Cl. The smallest absolute Gasteiger partial charge is 0.269 e. The van der Waals surface area contributed by atoms with Gasteiger partial charge in [-0.2, -0.15) is 21.6 Å². The van der Waals surface area contributed by atoms with Crippen molar-refractivity contribution in [1.82, 2.24) is 4.98 Å². The molecule has 0 fully saturated rings. The van der Waals surface area contributed by atoms with Gasteiger partial charge in [-0.3, -0.25) is 4.55 Å². The van der Waals surface area contributed by atoms with Crippen molar-refractivity contribution >= 4 is 27.7 Å². The summed E-state index contributed by atoms with van der Waals surface area (Å²) in [7, 11) is -4.63. The van der Waals surface area contributed by atoms with Crippen molar-refractivity contribution in [2.75, 3.05) is 4.72 Å². The number of anilines is 1. The van der Waals surface area contributed by atoms with Crippen LogP contribution >= 0.6 is 11.6 Å². The van der Waals surface area contributed by atoms with Crippen LogP contribution in [0, 0.1) is 0 Å². The van der Waals surface area contributed by atoms with E-state index in [1.165, 1.54) is 4.72 Å². The summed E-state index contributed by atoms with van der Waals surface area (Å²) in [4.78, 5) is 3.13. The molecule has 5 nitrogen and oxygen atoms in total. The lowest BCUT2D eigenvalue weighted by Crippen LogP contribution is -2.13. The first-order valence-corrected chi connectivity index (χ1v) is 5.39. The molecule has 0 bridgehead atoms. The zero-order valence-corrected chi connectivity index (χ0v) is 8.86. The van der Waals surface area contributed by atoms with Crippen LogP contribution in [0.1, 0.15) is 5.56 Å². The maximum atomic E-state index is 12.2. The summed E-state index contributed by atoms with van der Waals surface area (Å²) in [6.07, 6.45) is -4.24. The van der Waals surface area contributed by atoms with Crippen molar-refractivity contribution in [3.05, 3.63) is 22.8 Å². The topological polar surface area (TPSA) is 79.3 Å². The van der Waals surface area contributed by atoms with Gasteiger partial charge >= 0.3 is 16.5 Å². The van der Waals surface area contributed by atoms with Crippen LogP contribution in [0.5, 0.6) is 0 Å². The summed E-state index contributed by atoms with van der Waals surface area (Å²) in [6.45, 7) is 0. The van der Waals surface area contributed by atoms with Crippen LogP contribution in [-0.4, -0.2) is 18.0 Å². The van der Waals surface area contributed by atoms with Crippen molar-refractivity contribution in [2.24, 2.45) is 0 Å². The molecule has 90 valence electrons. The van der Waals surface area contributed by atoms with Crippen LogP contribution in [-0.2, 0) is 16.5 Å². The molecule has 0 aliphatic rings. The van der Waals surface area contributed by atoms with Crippen molar-refractivity contribution in [3.63, 3.8) is 0 Å². The fourth-order valence-corrected chi connectivity index (χ4v) is 1.47. The monoisotopic (exact) mass is 276 g/mol. The average Bonchev–Trinajstić information content (AvgIpc) is 2.04. The summed E-state index contributed by atoms with van der Waals surface area (Å²) in [5, 5.41) is -0.576. The lowest BCUT2D eigenvalue weighted by molar-refractivity contribution is -0.137. The zero-order chi connectivity index (χ0) is 12.6. The number of pyridine rings is 1. The van der Waals surface area contributed by atoms with Gasteiger partial charge in [-0.05, 0) is 6.07 Å². The third-order valence-corrected chi connectivity index (χ3v) is 2.13. The largest absolute Gasteiger partial charge is 0.417 e. The second-order valence-electron chi connectivity index (χ2n) is 2.63. The third-order valence-electron chi connectivity index (χ3n) is 1.39. The molecule has 0 aliphatic heterocycles. The predicted octanol–water partition coefficient (Wildman–Crippen LogP) is 1.97. The molecule has 1 aromatic heterocycles. The number of halogens is 4. The molecule has 0 atom stereocenters. The third kappa shape index (κ3) is 3.51. The summed E-state index contributed by atoms with van der Waals surface area (Å²) in [5.74, 6) is -0.586. The Morgan fingerprint density at radius 3 is 2.38 bits per heavy atom. The van der Waals surface area contributed by atoms with Crippen LogP contribution in [0.2, 0.25) is 5.02 Å². The van der Waals surface area contributed by atoms with Gasteiger partial charge in [0.1, 0.15) is 0 Å². The number of rotatable bonds is 2. The fourth-order valence-electron chi connectivity index (χ4n) is 0.790. The van der Waals surface area contributed by atoms with E-state index in [-0.39, 0.29) is 0 Å². The van der Waals surface area contributed by atoms with Gasteiger partial charge in [0.2, 0.25) is 0 Å². The molecule has 0 radical (unpaired) electrons. The van der Waals surface area contributed by atoms with E-state index in [0.29, 0.717) is 12.3 Å². The van der Waals surface area contributed by atoms with E-state index in [4.69, 9.17) is 16.2 Å². The highest BCUT2D eigenvalue weighted by molar-refractivity contribution is 7.87. The zero-order valence-electron chi connectivity index (χ0n) is 7.29. The summed E-state index contributed by atoms with van der Waals surface area (Å²) in [5.41, 5.74) is -1.13. The van der Waals surface area contributed by atoms with Gasteiger partial charge in [-0.15, -0.1) is 0 Å². The Morgan fingerprint density at radius 1 is 1.44 bits per heavy atom. The highest BCUT2D eigenvalue weighted by Crippen LogP contribution is 2.32. The number of hydrogen-bond acceptors (Lipinski definition) is 3. The van der Waals surface area contributed by atoms with Crippen LogP contribution in [0.4, 0.5) is 19.0 Å². The summed E-state index contributed by atoms with van der Waals surface area (Å²) in [6, 6.07) is 0.488. The molecular formula is C6H4ClF3N2O3S. The Balaban J connectivity index is 3.11. The summed E-state index contributed by atoms with van der Waals surface area (Å²) < 4.78 is 67.0. The van der Waals surface area contributed by atoms with Crippen molar-refractivity contribution < 1.29 is 26.1 Å². The summed E-state index contributed by atoms with van der Waals surface area (Å²) >= 11 is 5.34. The van der Waals surface area contributed by atoms with Crippen LogP contribution < -0.4 is 4.72 Å². The molecule has 0 aromatic carbocycles. The molecule has 0 unspecified atom stereocenters. The van der Waals surface area contributed by atoms with Gasteiger partial charge in [0, 0.05) is 6.20 Å². The van der Waals surface area contributed by atoms with E-state index in [1.54, 1.807) is 0 Å². The average molecular weight is 277 g/mol. The Bertz CT molecular complexity index is 502. The lowest BCUT2D eigenvalue weighted by atomic mass is 10.3. The molecule has 1 rings (SSSR count). The minimum Gasteiger partial charge on any atom is -0.269 e. The maximum absolute atomic E-state index is 12.2. The van der Waals surface area contributed by atoms with Crippen LogP contribution in [0.15, 0.2) is 12.3 Å². The Morgan fingerprint density at radius 2 is 2.00 bits per heavy atom. The van der Waals surface area contributed by atoms with Gasteiger partial charge in [-0.1, -0.05) is 11.6 Å². The van der Waals surface area contributed by atoms with E-state index < -0.39 is 32.9 Å². The Labute approximate surface area is 93.1 Å². The highest BCUT2D eigenvalue weighted by atomic mass is 35.5. The minimum atomic E-state index is -4.63. The number of hydrogen-bond donors (Lipinski definition) is 2. The maximum Gasteiger partial charge on any atom is 0.417 e. The number of nitrogens with one attached hydrogen (secondary N) is 1. The lowest BCUT2D eigenvalue weighted by Gasteiger charge is -2.08. The normalized spacial score (nSPS) is 12.6. The first-order chi connectivity index (χ1) is 7.09. The van der Waals surface area contributed by atoms with Gasteiger partial charge < -0.3 is 0 Å². The number of nitrogens with zero attached hydrogens (tertiary/aromatic N) is 1. The molecule has 0 amide bonds. The predicted molar refractivity (Wildman–Crippen MR) is 49.4 cm³/mol. The van der Waals surface area contributed by atoms with Crippen molar-refractivity contribution in [2.45, 2.75) is 6.18 Å². The standard InChI is InChI=1S/C6H4ClF3N2O3S/c7-4-1-3(6(8,9)10)2-11-5(4)12-16(13,14)15/h1-2H,(H,11,12)(H,13,14,15). The molecule has 16 heavy (non-hydrogen) atoms. The van der Waals surface area contributed by atoms with E-state index >= 15 is 0 Å². The van der Waals surface area contributed by atoms with Crippen LogP contribution in [0.25, 0.3) is 0 Å².